The normalized spacial score (nSPS) is 21.9. The highest BCUT2D eigenvalue weighted by molar-refractivity contribution is 5.24. The predicted octanol–water partition coefficient (Wildman–Crippen LogP) is 1.59. The lowest BCUT2D eigenvalue weighted by Gasteiger charge is -2.40. The number of benzene rings is 1. The molecule has 1 saturated heterocycles. The Morgan fingerprint density at radius 2 is 2.05 bits per heavy atom. The van der Waals surface area contributed by atoms with Crippen LogP contribution in [0.2, 0.25) is 0 Å². The van der Waals surface area contributed by atoms with Crippen LogP contribution in [0.25, 0.3) is 0 Å². The topological polar surface area (TPSA) is 44.7 Å². The van der Waals surface area contributed by atoms with E-state index in [2.05, 4.69) is 36.2 Å². The van der Waals surface area contributed by atoms with Crippen molar-refractivity contribution in [3.8, 4) is 0 Å². The molecule has 0 aromatic heterocycles. The van der Waals surface area contributed by atoms with E-state index in [9.17, 15) is 5.11 Å². The fraction of sp³-hybridized carbons (Fsp3) is 0.647. The van der Waals surface area contributed by atoms with Crippen molar-refractivity contribution < 1.29 is 9.84 Å². The van der Waals surface area contributed by atoms with E-state index >= 15 is 0 Å². The Balaban J connectivity index is 2.04. The largest absolute Gasteiger partial charge is 0.394 e. The lowest BCUT2D eigenvalue weighted by molar-refractivity contribution is -0.0878. The average molecular weight is 292 g/mol. The molecular formula is C17H28N2O2. The Morgan fingerprint density at radius 3 is 2.62 bits per heavy atom. The smallest absolute Gasteiger partial charge is 0.0753 e. The molecule has 0 aliphatic carbocycles. The zero-order valence-electron chi connectivity index (χ0n) is 13.4. The molecule has 4 nitrogen and oxygen atoms in total. The first-order valence-corrected chi connectivity index (χ1v) is 7.73. The number of rotatable bonds is 6. The minimum absolute atomic E-state index is 0.0769. The molecule has 1 aliphatic heterocycles. The van der Waals surface area contributed by atoms with Gasteiger partial charge in [-0.15, -0.1) is 0 Å². The summed E-state index contributed by atoms with van der Waals surface area (Å²) in [6.07, 6.45) is 0.875. The van der Waals surface area contributed by atoms with Crippen molar-refractivity contribution in [2.45, 2.75) is 31.4 Å². The van der Waals surface area contributed by atoms with Gasteiger partial charge in [-0.3, -0.25) is 4.90 Å². The van der Waals surface area contributed by atoms with E-state index in [1.54, 1.807) is 0 Å². The maximum absolute atomic E-state index is 9.96. The van der Waals surface area contributed by atoms with Crippen molar-refractivity contribution >= 4 is 0 Å². The Labute approximate surface area is 128 Å². The number of hydrogen-bond donors (Lipinski definition) is 2. The highest BCUT2D eigenvalue weighted by atomic mass is 16.5. The standard InChI is InChI=1S/C17H28N2O2/c1-16(2)13-19(11-12-21-16)10-9-17(14-20,18-3)15-7-5-4-6-8-15/h4-8,18,20H,9-14H2,1-3H3. The highest BCUT2D eigenvalue weighted by Gasteiger charge is 2.32. The Bertz CT molecular complexity index is 430. The van der Waals surface area contributed by atoms with Crippen LogP contribution in [0.5, 0.6) is 0 Å². The van der Waals surface area contributed by atoms with Crippen LogP contribution < -0.4 is 5.32 Å². The number of aliphatic hydroxyl groups excluding tert-OH is 1. The minimum atomic E-state index is -0.371. The molecule has 0 saturated carbocycles. The van der Waals surface area contributed by atoms with Gasteiger partial charge < -0.3 is 15.2 Å². The van der Waals surface area contributed by atoms with Crippen molar-refractivity contribution in [2.75, 3.05) is 39.9 Å². The summed E-state index contributed by atoms with van der Waals surface area (Å²) in [5.74, 6) is 0. The second kappa shape index (κ2) is 6.88. The molecular weight excluding hydrogens is 264 g/mol. The molecule has 0 amide bonds. The summed E-state index contributed by atoms with van der Waals surface area (Å²) >= 11 is 0. The zero-order valence-corrected chi connectivity index (χ0v) is 13.4. The summed E-state index contributed by atoms with van der Waals surface area (Å²) in [5.41, 5.74) is 0.693. The molecule has 4 heteroatoms. The molecule has 1 unspecified atom stereocenters. The first kappa shape index (κ1) is 16.4. The van der Waals surface area contributed by atoms with Crippen LogP contribution in [0.15, 0.2) is 30.3 Å². The number of likely N-dealkylation sites (N-methyl/N-ethyl adjacent to an activating group) is 1. The fourth-order valence-electron chi connectivity index (χ4n) is 3.07. The van der Waals surface area contributed by atoms with E-state index in [-0.39, 0.29) is 17.7 Å². The van der Waals surface area contributed by atoms with Gasteiger partial charge in [0.25, 0.3) is 0 Å². The molecule has 1 fully saturated rings. The van der Waals surface area contributed by atoms with Crippen molar-refractivity contribution in [1.29, 1.82) is 0 Å². The summed E-state index contributed by atoms with van der Waals surface area (Å²) in [6.45, 7) is 7.99. The second-order valence-electron chi connectivity index (χ2n) is 6.49. The molecule has 21 heavy (non-hydrogen) atoms. The van der Waals surface area contributed by atoms with Crippen molar-refractivity contribution in [2.24, 2.45) is 0 Å². The lowest BCUT2D eigenvalue weighted by Crippen LogP contribution is -2.51. The number of nitrogens with zero attached hydrogens (tertiary/aromatic N) is 1. The predicted molar refractivity (Wildman–Crippen MR) is 85.4 cm³/mol. The molecule has 1 heterocycles. The second-order valence-corrected chi connectivity index (χ2v) is 6.49. The van der Waals surface area contributed by atoms with Crippen LogP contribution in [-0.4, -0.2) is 55.5 Å². The summed E-state index contributed by atoms with van der Waals surface area (Å²) < 4.78 is 5.76. The molecule has 0 radical (unpaired) electrons. The quantitative estimate of drug-likeness (QED) is 0.836. The molecule has 2 rings (SSSR count). The van der Waals surface area contributed by atoms with Gasteiger partial charge in [0.1, 0.15) is 0 Å². The molecule has 1 aliphatic rings. The third kappa shape index (κ3) is 4.04. The van der Waals surface area contributed by atoms with Gasteiger partial charge in [0, 0.05) is 19.6 Å². The third-order valence-corrected chi connectivity index (χ3v) is 4.43. The van der Waals surface area contributed by atoms with Crippen molar-refractivity contribution in [3.05, 3.63) is 35.9 Å². The molecule has 0 bridgehead atoms. The summed E-state index contributed by atoms with van der Waals surface area (Å²) in [7, 11) is 1.92. The van der Waals surface area contributed by atoms with Gasteiger partial charge in [0.05, 0.1) is 24.4 Å². The maximum Gasteiger partial charge on any atom is 0.0753 e. The first-order chi connectivity index (χ1) is 10.0. The molecule has 1 aromatic carbocycles. The van der Waals surface area contributed by atoms with Crippen LogP contribution >= 0.6 is 0 Å². The van der Waals surface area contributed by atoms with Gasteiger partial charge in [-0.25, -0.2) is 0 Å². The lowest BCUT2D eigenvalue weighted by atomic mass is 9.87. The van der Waals surface area contributed by atoms with Crippen LogP contribution in [0.3, 0.4) is 0 Å². The third-order valence-electron chi connectivity index (χ3n) is 4.43. The summed E-state index contributed by atoms with van der Waals surface area (Å²) in [6, 6.07) is 10.2. The fourth-order valence-corrected chi connectivity index (χ4v) is 3.07. The molecule has 2 N–H and O–H groups in total. The first-order valence-electron chi connectivity index (χ1n) is 7.73. The Kier molecular flexibility index (Phi) is 5.38. The van der Waals surface area contributed by atoms with E-state index in [0.717, 1.165) is 38.2 Å². The monoisotopic (exact) mass is 292 g/mol. The Morgan fingerprint density at radius 1 is 1.33 bits per heavy atom. The summed E-state index contributed by atoms with van der Waals surface area (Å²) in [5, 5.41) is 13.3. The number of aliphatic hydroxyl groups is 1. The van der Waals surface area contributed by atoms with Gasteiger partial charge in [-0.1, -0.05) is 30.3 Å². The SMILES string of the molecule is CNC(CO)(CCN1CCOC(C)(C)C1)c1ccccc1. The zero-order chi connectivity index (χ0) is 15.3. The van der Waals surface area contributed by atoms with Gasteiger partial charge >= 0.3 is 0 Å². The van der Waals surface area contributed by atoms with Gasteiger partial charge in [-0.2, -0.15) is 0 Å². The van der Waals surface area contributed by atoms with Gasteiger partial charge in [0.15, 0.2) is 0 Å². The number of ether oxygens (including phenoxy) is 1. The van der Waals surface area contributed by atoms with E-state index in [1.807, 2.05) is 25.2 Å². The van der Waals surface area contributed by atoms with Crippen LogP contribution in [0, 0.1) is 0 Å². The molecule has 118 valence electrons. The molecule has 0 spiro atoms. The van der Waals surface area contributed by atoms with E-state index in [0.29, 0.717) is 0 Å². The van der Waals surface area contributed by atoms with Crippen LogP contribution in [0.4, 0.5) is 0 Å². The highest BCUT2D eigenvalue weighted by Crippen LogP contribution is 2.26. The van der Waals surface area contributed by atoms with Crippen molar-refractivity contribution in [3.63, 3.8) is 0 Å². The number of morpholine rings is 1. The molecule has 1 atom stereocenters. The maximum atomic E-state index is 9.96. The van der Waals surface area contributed by atoms with E-state index in [1.165, 1.54) is 0 Å². The molecule has 1 aromatic rings. The van der Waals surface area contributed by atoms with Gasteiger partial charge in [-0.05, 0) is 32.9 Å². The minimum Gasteiger partial charge on any atom is -0.394 e. The number of hydrogen-bond acceptors (Lipinski definition) is 4. The van der Waals surface area contributed by atoms with Crippen LogP contribution in [0.1, 0.15) is 25.8 Å². The average Bonchev–Trinajstić information content (AvgIpc) is 2.49. The van der Waals surface area contributed by atoms with Gasteiger partial charge in [0.2, 0.25) is 0 Å². The number of nitrogens with one attached hydrogen (secondary N) is 1. The summed E-state index contributed by atoms with van der Waals surface area (Å²) in [4.78, 5) is 2.42. The van der Waals surface area contributed by atoms with Crippen LogP contribution in [-0.2, 0) is 10.3 Å². The Hall–Kier alpha value is -0.940. The van der Waals surface area contributed by atoms with Crippen molar-refractivity contribution in [1.82, 2.24) is 10.2 Å². The van der Waals surface area contributed by atoms with E-state index < -0.39 is 0 Å². The van der Waals surface area contributed by atoms with E-state index in [4.69, 9.17) is 4.74 Å².